The highest BCUT2D eigenvalue weighted by Gasteiger charge is 2.26. The Kier molecular flexibility index (Phi) is 7.48. The summed E-state index contributed by atoms with van der Waals surface area (Å²) in [6.45, 7) is 0. The van der Waals surface area contributed by atoms with Gasteiger partial charge in [0.15, 0.2) is 12.4 Å². The molecule has 0 fully saturated rings. The number of hydrogen-bond donors (Lipinski definition) is 0. The molecule has 0 aliphatic heterocycles. The van der Waals surface area contributed by atoms with Crippen molar-refractivity contribution in [2.75, 3.05) is 38.0 Å². The van der Waals surface area contributed by atoms with E-state index in [0.717, 1.165) is 35.9 Å². The van der Waals surface area contributed by atoms with Crippen LogP contribution < -0.4 is 9.80 Å². The molecule has 0 radical (unpaired) electrons. The Balaban J connectivity index is 2.11. The summed E-state index contributed by atoms with van der Waals surface area (Å²) < 4.78 is 0.846. The number of nitro benzene ring substituents is 2. The lowest BCUT2D eigenvalue weighted by Gasteiger charge is -2.12. The summed E-state index contributed by atoms with van der Waals surface area (Å²) in [6, 6.07) is 14.8. The van der Waals surface area contributed by atoms with Crippen LogP contribution in [-0.2, 0) is 0 Å². The van der Waals surface area contributed by atoms with Gasteiger partial charge in [-0.05, 0) is 30.3 Å². The molecule has 0 amide bonds. The van der Waals surface area contributed by atoms with Crippen LogP contribution in [0.25, 0.3) is 0 Å². The van der Waals surface area contributed by atoms with Gasteiger partial charge in [-0.25, -0.2) is 0 Å². The number of hydrogen-bond acceptors (Lipinski definition) is 8. The first-order valence-corrected chi connectivity index (χ1v) is 10.6. The molecule has 0 saturated heterocycles. The van der Waals surface area contributed by atoms with Gasteiger partial charge in [-0.1, -0.05) is 0 Å². The second-order valence-electron chi connectivity index (χ2n) is 8.22. The molecule has 12 heteroatoms. The molecule has 186 valence electrons. The van der Waals surface area contributed by atoms with E-state index in [1.54, 1.807) is 48.5 Å². The number of benzene rings is 3. The molecule has 0 heterocycles. The summed E-state index contributed by atoms with van der Waals surface area (Å²) in [7, 11) is 7.35. The lowest BCUT2D eigenvalue weighted by atomic mass is 10.1. The Bertz CT molecular complexity index is 1250. The van der Waals surface area contributed by atoms with Crippen LogP contribution in [0.1, 0.15) is 11.1 Å². The van der Waals surface area contributed by atoms with Crippen molar-refractivity contribution in [1.82, 2.24) is 0 Å². The molecule has 0 spiro atoms. The number of nitrogens with zero attached hydrogens (tertiary/aromatic N) is 6. The molecule has 0 N–H and O–H groups in total. The molecule has 0 aromatic heterocycles. The standard InChI is InChI=1S/C24H24N6O6/c1-25(2)19-5-9-21(10-6-19)27(31)15-17-13-18(24(30(35)36)14-23(17)29(33)34)16-28(32)22-11-7-20(8-12-22)26(3)4/h5-16H,1-4H3/b27-15-,28-16-. The quantitative estimate of drug-likeness (QED) is 0.150. The van der Waals surface area contributed by atoms with Gasteiger partial charge in [-0.2, -0.15) is 9.48 Å². The summed E-state index contributed by atoms with van der Waals surface area (Å²) in [4.78, 5) is 25.3. The van der Waals surface area contributed by atoms with Crippen molar-refractivity contribution in [1.29, 1.82) is 0 Å². The minimum absolute atomic E-state index is 0.195. The van der Waals surface area contributed by atoms with Gasteiger partial charge >= 0.3 is 0 Å². The highest BCUT2D eigenvalue weighted by atomic mass is 16.6. The third-order valence-electron chi connectivity index (χ3n) is 5.32. The van der Waals surface area contributed by atoms with Crippen LogP contribution in [0, 0.1) is 30.6 Å². The van der Waals surface area contributed by atoms with Gasteiger partial charge in [-0.15, -0.1) is 0 Å². The molecular formula is C24H24N6O6. The second-order valence-corrected chi connectivity index (χ2v) is 8.22. The molecule has 0 aliphatic carbocycles. The predicted molar refractivity (Wildman–Crippen MR) is 138 cm³/mol. The maximum atomic E-state index is 12.7. The van der Waals surface area contributed by atoms with Crippen LogP contribution in [0.4, 0.5) is 34.1 Å². The molecule has 12 nitrogen and oxygen atoms in total. The van der Waals surface area contributed by atoms with E-state index in [1.165, 1.54) is 0 Å². The van der Waals surface area contributed by atoms with E-state index in [0.29, 0.717) is 9.48 Å². The normalized spacial score (nSPS) is 11.8. The van der Waals surface area contributed by atoms with Crippen LogP contribution in [0.3, 0.4) is 0 Å². The highest BCUT2D eigenvalue weighted by molar-refractivity contribution is 5.91. The first kappa shape index (κ1) is 25.6. The van der Waals surface area contributed by atoms with E-state index in [1.807, 2.05) is 38.0 Å². The summed E-state index contributed by atoms with van der Waals surface area (Å²) in [5.74, 6) is 0. The maximum Gasteiger partial charge on any atom is 0.289 e. The van der Waals surface area contributed by atoms with Crippen LogP contribution in [0.2, 0.25) is 0 Å². The third kappa shape index (κ3) is 5.73. The second kappa shape index (κ2) is 10.5. The van der Waals surface area contributed by atoms with Crippen LogP contribution in [0.5, 0.6) is 0 Å². The fourth-order valence-corrected chi connectivity index (χ4v) is 3.33. The predicted octanol–water partition coefficient (Wildman–Crippen LogP) is 4.16. The van der Waals surface area contributed by atoms with E-state index in [2.05, 4.69) is 0 Å². The minimum Gasteiger partial charge on any atom is -0.618 e. The average Bonchev–Trinajstić information content (AvgIpc) is 2.83. The summed E-state index contributed by atoms with van der Waals surface area (Å²) in [5.41, 5.74) is 0.420. The van der Waals surface area contributed by atoms with Gasteiger partial charge in [0.2, 0.25) is 11.4 Å². The molecule has 3 rings (SSSR count). The number of anilines is 2. The van der Waals surface area contributed by atoms with E-state index in [9.17, 15) is 30.6 Å². The zero-order valence-corrected chi connectivity index (χ0v) is 20.1. The summed E-state index contributed by atoms with van der Waals surface area (Å²) in [6.07, 6.45) is 1.90. The Hall–Kier alpha value is -5.00. The van der Waals surface area contributed by atoms with Crippen molar-refractivity contribution in [3.8, 4) is 0 Å². The number of nitro groups is 2. The van der Waals surface area contributed by atoms with Crippen molar-refractivity contribution >= 4 is 46.6 Å². The molecule has 0 unspecified atom stereocenters. The molecule has 0 bridgehead atoms. The van der Waals surface area contributed by atoms with E-state index in [4.69, 9.17) is 0 Å². The molecule has 0 saturated carbocycles. The van der Waals surface area contributed by atoms with E-state index >= 15 is 0 Å². The zero-order valence-electron chi connectivity index (χ0n) is 20.1. The molecular weight excluding hydrogens is 468 g/mol. The fraction of sp³-hybridized carbons (Fsp3) is 0.167. The van der Waals surface area contributed by atoms with Crippen LogP contribution in [-0.4, -0.2) is 59.9 Å². The zero-order chi connectivity index (χ0) is 26.6. The molecule has 36 heavy (non-hydrogen) atoms. The van der Waals surface area contributed by atoms with Gasteiger partial charge in [0.25, 0.3) is 11.4 Å². The fourth-order valence-electron chi connectivity index (χ4n) is 3.33. The SMILES string of the molecule is CN(C)c1ccc(/[N+]([O-])=C/c2cc(/C=[N+](\[O-])c3ccc(N(C)C)cc3)c([N+](=O)[O-])cc2[N+](=O)[O-])cc1. The van der Waals surface area contributed by atoms with Crippen LogP contribution >= 0.6 is 0 Å². The summed E-state index contributed by atoms with van der Waals surface area (Å²) >= 11 is 0. The van der Waals surface area contributed by atoms with Crippen molar-refractivity contribution < 1.29 is 19.3 Å². The first-order chi connectivity index (χ1) is 17.0. The van der Waals surface area contributed by atoms with Crippen molar-refractivity contribution in [2.24, 2.45) is 0 Å². The lowest BCUT2D eigenvalue weighted by molar-refractivity contribution is -0.395. The largest absolute Gasteiger partial charge is 0.618 e. The third-order valence-corrected chi connectivity index (χ3v) is 5.32. The lowest BCUT2D eigenvalue weighted by Crippen LogP contribution is -2.09. The molecule has 3 aromatic rings. The Morgan fingerprint density at radius 3 is 1.19 bits per heavy atom. The van der Waals surface area contributed by atoms with Gasteiger partial charge in [0.1, 0.15) is 11.1 Å². The Labute approximate surface area is 206 Å². The van der Waals surface area contributed by atoms with E-state index < -0.39 is 21.2 Å². The topological polar surface area (TPSA) is 145 Å². The van der Waals surface area contributed by atoms with Crippen LogP contribution in [0.15, 0.2) is 60.7 Å². The van der Waals surface area contributed by atoms with Gasteiger partial charge < -0.3 is 20.2 Å². The Morgan fingerprint density at radius 1 is 0.583 bits per heavy atom. The molecule has 3 aromatic carbocycles. The molecule has 0 atom stereocenters. The number of rotatable bonds is 8. The average molecular weight is 492 g/mol. The summed E-state index contributed by atoms with van der Waals surface area (Å²) in [5, 5.41) is 48.7. The van der Waals surface area contributed by atoms with Crippen molar-refractivity contribution in [3.05, 3.63) is 102 Å². The van der Waals surface area contributed by atoms with Gasteiger partial charge in [0, 0.05) is 63.8 Å². The van der Waals surface area contributed by atoms with Gasteiger partial charge in [-0.3, -0.25) is 20.2 Å². The van der Waals surface area contributed by atoms with Crippen molar-refractivity contribution in [3.63, 3.8) is 0 Å². The van der Waals surface area contributed by atoms with E-state index in [-0.39, 0.29) is 22.5 Å². The Morgan fingerprint density at radius 2 is 0.917 bits per heavy atom. The first-order valence-electron chi connectivity index (χ1n) is 10.6. The maximum absolute atomic E-state index is 12.7. The van der Waals surface area contributed by atoms with Gasteiger partial charge in [0.05, 0.1) is 15.9 Å². The smallest absolute Gasteiger partial charge is 0.289 e. The minimum atomic E-state index is -0.819. The monoisotopic (exact) mass is 492 g/mol. The highest BCUT2D eigenvalue weighted by Crippen LogP contribution is 2.28. The van der Waals surface area contributed by atoms with Crippen molar-refractivity contribution in [2.45, 2.75) is 0 Å². The molecule has 0 aliphatic rings.